The highest BCUT2D eigenvalue weighted by Gasteiger charge is 2.18. The van der Waals surface area contributed by atoms with Gasteiger partial charge in [-0.25, -0.2) is 4.79 Å². The summed E-state index contributed by atoms with van der Waals surface area (Å²) in [6, 6.07) is 11.4. The normalized spacial score (nSPS) is 14.0. The van der Waals surface area contributed by atoms with Gasteiger partial charge in [0.2, 0.25) is 0 Å². The van der Waals surface area contributed by atoms with E-state index < -0.39 is 18.1 Å². The summed E-state index contributed by atoms with van der Waals surface area (Å²) in [6.07, 6.45) is 2.12. The Morgan fingerprint density at radius 3 is 2.65 bits per heavy atom. The van der Waals surface area contributed by atoms with Crippen LogP contribution in [0.15, 0.2) is 42.5 Å². The summed E-state index contributed by atoms with van der Waals surface area (Å²) >= 11 is 0. The van der Waals surface area contributed by atoms with Crippen LogP contribution in [0.4, 0.5) is 4.79 Å². The Morgan fingerprint density at radius 2 is 1.96 bits per heavy atom. The minimum atomic E-state index is -1.10. The fourth-order valence-corrected chi connectivity index (χ4v) is 2.66. The minimum absolute atomic E-state index is 0.128. The Balaban J connectivity index is 1.69. The first-order chi connectivity index (χ1) is 11.0. The number of carboxylic acid groups (broad SMARTS) is 1. The van der Waals surface area contributed by atoms with Gasteiger partial charge in [0.05, 0.1) is 0 Å². The van der Waals surface area contributed by atoms with E-state index in [1.807, 2.05) is 24.3 Å². The number of hydrogen-bond donors (Lipinski definition) is 2. The van der Waals surface area contributed by atoms with E-state index in [9.17, 15) is 9.59 Å². The number of hydrogen-bond acceptors (Lipinski definition) is 3. The second kappa shape index (κ2) is 6.12. The van der Waals surface area contributed by atoms with Gasteiger partial charge in [0, 0.05) is 0 Å². The van der Waals surface area contributed by atoms with Crippen molar-refractivity contribution >= 4 is 28.4 Å². The molecule has 1 amide bonds. The van der Waals surface area contributed by atoms with Crippen molar-refractivity contribution in [2.45, 2.75) is 19.4 Å². The molecule has 2 N–H and O–H groups in total. The van der Waals surface area contributed by atoms with E-state index in [4.69, 9.17) is 9.84 Å². The summed E-state index contributed by atoms with van der Waals surface area (Å²) in [6.45, 7) is 1.52. The fourth-order valence-electron chi connectivity index (χ4n) is 2.66. The van der Waals surface area contributed by atoms with E-state index in [2.05, 4.69) is 23.5 Å². The number of ether oxygens (including phenoxy) is 1. The van der Waals surface area contributed by atoms with Crippen molar-refractivity contribution in [1.82, 2.24) is 5.32 Å². The lowest BCUT2D eigenvalue weighted by molar-refractivity contribution is -0.138. The molecule has 0 heterocycles. The molecule has 1 aliphatic carbocycles. The fraction of sp³-hybridized carbons (Fsp3) is 0.222. The second-order valence-corrected chi connectivity index (χ2v) is 5.57. The van der Waals surface area contributed by atoms with Crippen LogP contribution in [-0.4, -0.2) is 29.8 Å². The molecule has 0 bridgehead atoms. The zero-order valence-corrected chi connectivity index (χ0v) is 12.7. The molecule has 5 nitrogen and oxygen atoms in total. The molecule has 1 aliphatic rings. The smallest absolute Gasteiger partial charge is 0.408 e. The van der Waals surface area contributed by atoms with Crippen LogP contribution >= 0.6 is 0 Å². The van der Waals surface area contributed by atoms with Crippen molar-refractivity contribution < 1.29 is 19.4 Å². The number of aliphatic carboxylic acids is 1. The van der Waals surface area contributed by atoms with Crippen LogP contribution in [0.5, 0.6) is 0 Å². The van der Waals surface area contributed by atoms with Gasteiger partial charge in [-0.15, -0.1) is 0 Å². The number of alkyl carbamates (subject to hydrolysis) is 1. The van der Waals surface area contributed by atoms with Gasteiger partial charge in [0.15, 0.2) is 0 Å². The molecule has 0 spiro atoms. The topological polar surface area (TPSA) is 75.6 Å². The number of rotatable bonds is 4. The third-order valence-electron chi connectivity index (χ3n) is 3.95. The number of benzene rings is 2. The van der Waals surface area contributed by atoms with E-state index >= 15 is 0 Å². The molecule has 2 aromatic carbocycles. The van der Waals surface area contributed by atoms with Crippen molar-refractivity contribution in [3.8, 4) is 0 Å². The molecule has 5 heteroatoms. The van der Waals surface area contributed by atoms with Crippen LogP contribution in [0.2, 0.25) is 0 Å². The maximum Gasteiger partial charge on any atom is 0.408 e. The zero-order chi connectivity index (χ0) is 16.4. The van der Waals surface area contributed by atoms with Gasteiger partial charge >= 0.3 is 12.1 Å². The average molecular weight is 311 g/mol. The van der Waals surface area contributed by atoms with E-state index in [0.717, 1.165) is 22.9 Å². The first-order valence-electron chi connectivity index (χ1n) is 7.42. The van der Waals surface area contributed by atoms with Crippen LogP contribution in [0, 0.1) is 0 Å². The van der Waals surface area contributed by atoms with Crippen molar-refractivity contribution in [2.75, 3.05) is 6.61 Å². The number of allylic oxidation sites excluding steroid dienone is 1. The largest absolute Gasteiger partial charge is 0.480 e. The SMILES string of the molecule is CC(NC(=O)OCC1=CCc2cc3ccccc3cc21)C(=O)O. The molecule has 0 aromatic heterocycles. The molecule has 2 aromatic rings. The number of carboxylic acids is 1. The van der Waals surface area contributed by atoms with E-state index in [1.54, 1.807) is 0 Å². The van der Waals surface area contributed by atoms with Crippen molar-refractivity contribution in [2.24, 2.45) is 0 Å². The van der Waals surface area contributed by atoms with E-state index in [1.165, 1.54) is 17.9 Å². The molecule has 3 rings (SSSR count). The quantitative estimate of drug-likeness (QED) is 0.910. The number of carbonyl (C=O) groups is 2. The molecule has 118 valence electrons. The van der Waals surface area contributed by atoms with E-state index in [0.29, 0.717) is 0 Å². The maximum atomic E-state index is 11.6. The lowest BCUT2D eigenvalue weighted by Crippen LogP contribution is -2.38. The second-order valence-electron chi connectivity index (χ2n) is 5.57. The zero-order valence-electron chi connectivity index (χ0n) is 12.7. The molecular weight excluding hydrogens is 294 g/mol. The van der Waals surface area contributed by atoms with Gasteiger partial charge in [-0.3, -0.25) is 4.79 Å². The summed E-state index contributed by atoms with van der Waals surface area (Å²) in [7, 11) is 0. The van der Waals surface area contributed by atoms with Crippen molar-refractivity contribution in [1.29, 1.82) is 0 Å². The summed E-state index contributed by atoms with van der Waals surface area (Å²) in [5.74, 6) is -1.10. The lowest BCUT2D eigenvalue weighted by atomic mass is 10.00. The highest BCUT2D eigenvalue weighted by Crippen LogP contribution is 2.31. The molecule has 23 heavy (non-hydrogen) atoms. The lowest BCUT2D eigenvalue weighted by Gasteiger charge is -2.12. The predicted octanol–water partition coefficient (Wildman–Crippen LogP) is 2.98. The molecule has 0 fully saturated rings. The van der Waals surface area contributed by atoms with Gasteiger partial charge in [-0.1, -0.05) is 36.4 Å². The number of carbonyl (C=O) groups excluding carboxylic acids is 1. The Morgan fingerprint density at radius 1 is 1.26 bits per heavy atom. The highest BCUT2D eigenvalue weighted by molar-refractivity contribution is 5.90. The molecule has 0 saturated heterocycles. The predicted molar refractivity (Wildman–Crippen MR) is 87.2 cm³/mol. The van der Waals surface area contributed by atoms with Crippen LogP contribution in [0.25, 0.3) is 16.3 Å². The van der Waals surface area contributed by atoms with Crippen LogP contribution < -0.4 is 5.32 Å². The van der Waals surface area contributed by atoms with Crippen molar-refractivity contribution in [3.05, 3.63) is 53.6 Å². The summed E-state index contributed by atoms with van der Waals surface area (Å²) in [5.41, 5.74) is 3.24. The molecule has 0 saturated carbocycles. The summed E-state index contributed by atoms with van der Waals surface area (Å²) in [5, 5.41) is 13.4. The first-order valence-corrected chi connectivity index (χ1v) is 7.42. The van der Waals surface area contributed by atoms with Gasteiger partial charge in [0.25, 0.3) is 0 Å². The first kappa shape index (κ1) is 15.1. The molecule has 1 atom stereocenters. The van der Waals surface area contributed by atoms with Gasteiger partial charge in [-0.05, 0) is 46.9 Å². The van der Waals surface area contributed by atoms with E-state index in [-0.39, 0.29) is 6.61 Å². The Bertz CT molecular complexity index is 810. The Labute approximate surface area is 133 Å². The van der Waals surface area contributed by atoms with Gasteiger partial charge < -0.3 is 15.2 Å². The molecule has 1 unspecified atom stereocenters. The number of fused-ring (bicyclic) bond motifs is 2. The Hall–Kier alpha value is -2.82. The van der Waals surface area contributed by atoms with Crippen LogP contribution in [0.1, 0.15) is 18.1 Å². The van der Waals surface area contributed by atoms with Gasteiger partial charge in [0.1, 0.15) is 12.6 Å². The third kappa shape index (κ3) is 3.18. The molecular formula is C18H17NO4. The molecule has 0 aliphatic heterocycles. The Kier molecular flexibility index (Phi) is 4.02. The maximum absolute atomic E-state index is 11.6. The van der Waals surface area contributed by atoms with Crippen molar-refractivity contribution in [3.63, 3.8) is 0 Å². The number of amides is 1. The van der Waals surface area contributed by atoms with Gasteiger partial charge in [-0.2, -0.15) is 0 Å². The summed E-state index contributed by atoms with van der Waals surface area (Å²) < 4.78 is 5.13. The standard InChI is InChI=1S/C18H17NO4/c1-11(17(20)21)19-18(22)23-10-15-7-6-14-8-12-4-2-3-5-13(12)9-16(14)15/h2-5,7-9,11H,6,10H2,1H3,(H,19,22)(H,20,21). The van der Waals surface area contributed by atoms with Crippen LogP contribution in [0.3, 0.4) is 0 Å². The summed E-state index contributed by atoms with van der Waals surface area (Å²) in [4.78, 5) is 22.3. The third-order valence-corrected chi connectivity index (χ3v) is 3.95. The minimum Gasteiger partial charge on any atom is -0.480 e. The van der Waals surface area contributed by atoms with Crippen LogP contribution in [-0.2, 0) is 16.0 Å². The highest BCUT2D eigenvalue weighted by atomic mass is 16.5. The average Bonchev–Trinajstić information content (AvgIpc) is 2.92. The molecule has 0 radical (unpaired) electrons. The number of nitrogens with one attached hydrogen (secondary N) is 1. The monoisotopic (exact) mass is 311 g/mol.